The molecule has 0 saturated carbocycles. The molecule has 1 aliphatic rings. The third kappa shape index (κ3) is 4.62. The van der Waals surface area contributed by atoms with Crippen molar-refractivity contribution in [2.24, 2.45) is 5.92 Å². The summed E-state index contributed by atoms with van der Waals surface area (Å²) in [4.78, 5) is 11.5. The van der Waals surface area contributed by atoms with Crippen molar-refractivity contribution >= 4 is 22.9 Å². The van der Waals surface area contributed by atoms with Crippen molar-refractivity contribution in [1.29, 1.82) is 0 Å². The first-order valence-corrected chi connectivity index (χ1v) is 4.71. The molecule has 0 radical (unpaired) electrons. The third-order valence-corrected chi connectivity index (χ3v) is 2.14. The van der Waals surface area contributed by atoms with Crippen LogP contribution in [0.3, 0.4) is 0 Å². The number of carbonyl (C=O) groups excluding carboxylic acids is 1. The first kappa shape index (κ1) is 12.9. The summed E-state index contributed by atoms with van der Waals surface area (Å²) in [6.07, 6.45) is 1.97. The summed E-state index contributed by atoms with van der Waals surface area (Å²) in [6, 6.07) is 0.271. The molecular formula is C9H19BrN2O. The molecule has 13 heavy (non-hydrogen) atoms. The summed E-state index contributed by atoms with van der Waals surface area (Å²) < 4.78 is 0. The van der Waals surface area contributed by atoms with Gasteiger partial charge in [0.1, 0.15) is 0 Å². The van der Waals surface area contributed by atoms with Crippen molar-refractivity contribution in [3.63, 3.8) is 0 Å². The number of nitrogens with one attached hydrogen (secondary N) is 2. The molecule has 0 aromatic heterocycles. The lowest BCUT2D eigenvalue weighted by molar-refractivity contribution is -0.126. The third-order valence-electron chi connectivity index (χ3n) is 2.14. The van der Waals surface area contributed by atoms with Gasteiger partial charge in [-0.1, -0.05) is 0 Å². The first-order chi connectivity index (χ1) is 5.70. The van der Waals surface area contributed by atoms with Gasteiger partial charge in [-0.2, -0.15) is 0 Å². The lowest BCUT2D eigenvalue weighted by atomic mass is 9.97. The molecule has 1 fully saturated rings. The average Bonchev–Trinajstić information content (AvgIpc) is 2.05. The second kappa shape index (κ2) is 6.38. The Labute approximate surface area is 90.4 Å². The molecule has 1 amide bonds. The molecule has 0 unspecified atom stereocenters. The molecule has 1 aliphatic heterocycles. The van der Waals surface area contributed by atoms with E-state index in [1.54, 1.807) is 0 Å². The normalized spacial score (nSPS) is 18.1. The zero-order valence-corrected chi connectivity index (χ0v) is 10.0. The van der Waals surface area contributed by atoms with Crippen LogP contribution >= 0.6 is 17.0 Å². The van der Waals surface area contributed by atoms with Crippen molar-refractivity contribution in [3.05, 3.63) is 0 Å². The van der Waals surface area contributed by atoms with Gasteiger partial charge < -0.3 is 10.6 Å². The molecule has 0 aromatic rings. The molecule has 0 aliphatic carbocycles. The maximum atomic E-state index is 11.5. The summed E-state index contributed by atoms with van der Waals surface area (Å²) in [6.45, 7) is 5.96. The molecule has 4 heteroatoms. The fourth-order valence-electron chi connectivity index (χ4n) is 1.49. The zero-order valence-electron chi connectivity index (χ0n) is 8.30. The van der Waals surface area contributed by atoms with Gasteiger partial charge in [-0.3, -0.25) is 4.79 Å². The van der Waals surface area contributed by atoms with E-state index >= 15 is 0 Å². The number of hydrogen-bond donors (Lipinski definition) is 2. The van der Waals surface area contributed by atoms with E-state index in [-0.39, 0.29) is 34.8 Å². The van der Waals surface area contributed by atoms with Crippen LogP contribution in [0.2, 0.25) is 0 Å². The van der Waals surface area contributed by atoms with E-state index in [0.717, 1.165) is 25.9 Å². The molecule has 0 atom stereocenters. The zero-order chi connectivity index (χ0) is 8.97. The maximum absolute atomic E-state index is 11.5. The van der Waals surface area contributed by atoms with Gasteiger partial charge in [-0.15, -0.1) is 17.0 Å². The monoisotopic (exact) mass is 250 g/mol. The molecule has 3 nitrogen and oxygen atoms in total. The molecule has 0 spiro atoms. The van der Waals surface area contributed by atoms with E-state index in [9.17, 15) is 4.79 Å². The van der Waals surface area contributed by atoms with E-state index < -0.39 is 0 Å². The molecular weight excluding hydrogens is 232 g/mol. The summed E-state index contributed by atoms with van der Waals surface area (Å²) in [5.41, 5.74) is 0. The second-order valence-electron chi connectivity index (χ2n) is 3.69. The Morgan fingerprint density at radius 1 is 1.38 bits per heavy atom. The van der Waals surface area contributed by atoms with Gasteiger partial charge in [-0.25, -0.2) is 0 Å². The fraction of sp³-hybridized carbons (Fsp3) is 0.889. The highest BCUT2D eigenvalue weighted by Crippen LogP contribution is 2.11. The average molecular weight is 251 g/mol. The maximum Gasteiger partial charge on any atom is 0.223 e. The number of amides is 1. The van der Waals surface area contributed by atoms with Crippen LogP contribution in [0.1, 0.15) is 26.7 Å². The Bertz CT molecular complexity index is 156. The lowest BCUT2D eigenvalue weighted by Crippen LogP contribution is -2.40. The molecule has 0 bridgehead atoms. The predicted octanol–water partition coefficient (Wildman–Crippen LogP) is 1.09. The van der Waals surface area contributed by atoms with Crippen molar-refractivity contribution in [2.75, 3.05) is 13.1 Å². The molecule has 78 valence electrons. The topological polar surface area (TPSA) is 41.1 Å². The highest BCUT2D eigenvalue weighted by molar-refractivity contribution is 8.93. The highest BCUT2D eigenvalue weighted by Gasteiger charge is 2.20. The molecule has 0 aromatic carbocycles. The van der Waals surface area contributed by atoms with Gasteiger partial charge in [0, 0.05) is 12.0 Å². The molecule has 1 heterocycles. The minimum absolute atomic E-state index is 0. The molecule has 2 N–H and O–H groups in total. The van der Waals surface area contributed by atoms with E-state index in [0.29, 0.717) is 0 Å². The van der Waals surface area contributed by atoms with Gasteiger partial charge in [0.25, 0.3) is 0 Å². The van der Waals surface area contributed by atoms with E-state index in [1.165, 1.54) is 0 Å². The Hall–Kier alpha value is -0.0900. The number of carbonyl (C=O) groups is 1. The predicted molar refractivity (Wildman–Crippen MR) is 59.2 cm³/mol. The van der Waals surface area contributed by atoms with Crippen LogP contribution in [0, 0.1) is 5.92 Å². The quantitative estimate of drug-likeness (QED) is 0.771. The van der Waals surface area contributed by atoms with Crippen molar-refractivity contribution in [2.45, 2.75) is 32.7 Å². The largest absolute Gasteiger partial charge is 0.354 e. The summed E-state index contributed by atoms with van der Waals surface area (Å²) in [7, 11) is 0. The Morgan fingerprint density at radius 3 is 2.38 bits per heavy atom. The second-order valence-corrected chi connectivity index (χ2v) is 3.69. The van der Waals surface area contributed by atoms with Crippen LogP contribution < -0.4 is 10.6 Å². The van der Waals surface area contributed by atoms with E-state index in [1.807, 2.05) is 13.8 Å². The van der Waals surface area contributed by atoms with Gasteiger partial charge in [0.2, 0.25) is 5.91 Å². The minimum Gasteiger partial charge on any atom is -0.354 e. The van der Waals surface area contributed by atoms with Crippen LogP contribution in [0.15, 0.2) is 0 Å². The smallest absolute Gasteiger partial charge is 0.223 e. The lowest BCUT2D eigenvalue weighted by Gasteiger charge is -2.22. The number of halogens is 1. The fourth-order valence-corrected chi connectivity index (χ4v) is 1.49. The Morgan fingerprint density at radius 2 is 1.92 bits per heavy atom. The number of piperidine rings is 1. The summed E-state index contributed by atoms with van der Waals surface area (Å²) >= 11 is 0. The van der Waals surface area contributed by atoms with Gasteiger partial charge in [0.05, 0.1) is 0 Å². The van der Waals surface area contributed by atoms with Gasteiger partial charge in [0.15, 0.2) is 0 Å². The Balaban J connectivity index is 0.00000144. The van der Waals surface area contributed by atoms with E-state index in [2.05, 4.69) is 10.6 Å². The SMILES string of the molecule is Br.CC(C)NC(=O)C1CCNCC1. The highest BCUT2D eigenvalue weighted by atomic mass is 79.9. The summed E-state index contributed by atoms with van der Waals surface area (Å²) in [5, 5.41) is 6.19. The standard InChI is InChI=1S/C9H18N2O.BrH/c1-7(2)11-9(12)8-3-5-10-6-4-8;/h7-8,10H,3-6H2,1-2H3,(H,11,12);1H. The van der Waals surface area contributed by atoms with Crippen LogP contribution in [-0.4, -0.2) is 25.0 Å². The first-order valence-electron chi connectivity index (χ1n) is 4.71. The van der Waals surface area contributed by atoms with Crippen LogP contribution in [-0.2, 0) is 4.79 Å². The van der Waals surface area contributed by atoms with Crippen LogP contribution in [0.25, 0.3) is 0 Å². The van der Waals surface area contributed by atoms with Crippen LogP contribution in [0.4, 0.5) is 0 Å². The van der Waals surface area contributed by atoms with Crippen LogP contribution in [0.5, 0.6) is 0 Å². The molecule has 1 rings (SSSR count). The van der Waals surface area contributed by atoms with Crippen molar-refractivity contribution < 1.29 is 4.79 Å². The number of rotatable bonds is 2. The van der Waals surface area contributed by atoms with Crippen molar-refractivity contribution in [3.8, 4) is 0 Å². The van der Waals surface area contributed by atoms with Crippen molar-refractivity contribution in [1.82, 2.24) is 10.6 Å². The Kier molecular flexibility index (Phi) is 6.33. The van der Waals surface area contributed by atoms with Gasteiger partial charge in [-0.05, 0) is 39.8 Å². The number of hydrogen-bond acceptors (Lipinski definition) is 2. The summed E-state index contributed by atoms with van der Waals surface area (Å²) in [5.74, 6) is 0.472. The minimum atomic E-state index is 0. The molecule has 1 saturated heterocycles. The van der Waals surface area contributed by atoms with E-state index in [4.69, 9.17) is 0 Å². The van der Waals surface area contributed by atoms with Gasteiger partial charge >= 0.3 is 0 Å².